The molecule has 0 atom stereocenters. The number of ether oxygens (including phenoxy) is 1. The Morgan fingerprint density at radius 3 is 3.06 bits per heavy atom. The average molecular weight is 237 g/mol. The van der Waals surface area contributed by atoms with E-state index in [1.165, 1.54) is 22.0 Å². The second kappa shape index (κ2) is 4.44. The van der Waals surface area contributed by atoms with E-state index in [4.69, 9.17) is 4.74 Å². The van der Waals surface area contributed by atoms with Crippen molar-refractivity contribution in [1.82, 2.24) is 14.5 Å². The van der Waals surface area contributed by atoms with Crippen LogP contribution < -0.4 is 10.3 Å². The fraction of sp³-hybridized carbons (Fsp3) is 0.300. The molecule has 0 unspecified atom stereocenters. The van der Waals surface area contributed by atoms with E-state index in [9.17, 15) is 4.79 Å². The maximum atomic E-state index is 11.5. The van der Waals surface area contributed by atoms with E-state index in [1.807, 2.05) is 5.38 Å². The molecule has 0 aliphatic heterocycles. The lowest BCUT2D eigenvalue weighted by Crippen LogP contribution is -2.23. The third kappa shape index (κ3) is 2.27. The van der Waals surface area contributed by atoms with E-state index >= 15 is 0 Å². The van der Waals surface area contributed by atoms with Gasteiger partial charge < -0.3 is 4.74 Å². The minimum atomic E-state index is -0.0785. The van der Waals surface area contributed by atoms with E-state index in [0.717, 1.165) is 0 Å². The quantitative estimate of drug-likeness (QED) is 0.802. The highest BCUT2D eigenvalue weighted by molar-refractivity contribution is 7.11. The predicted molar refractivity (Wildman–Crippen MR) is 60.7 cm³/mol. The number of aromatic nitrogens is 3. The molecule has 0 aliphatic carbocycles. The second-order valence-corrected chi connectivity index (χ2v) is 4.15. The summed E-state index contributed by atoms with van der Waals surface area (Å²) in [4.78, 5) is 19.7. The topological polar surface area (TPSA) is 57.0 Å². The zero-order valence-electron chi connectivity index (χ0n) is 9.01. The van der Waals surface area contributed by atoms with Crippen molar-refractivity contribution in [2.24, 2.45) is 7.05 Å². The number of rotatable bonds is 3. The van der Waals surface area contributed by atoms with Crippen LogP contribution in [0, 0.1) is 6.92 Å². The van der Waals surface area contributed by atoms with Crippen LogP contribution in [0.1, 0.15) is 11.5 Å². The van der Waals surface area contributed by atoms with Gasteiger partial charge in [-0.1, -0.05) is 11.3 Å². The van der Waals surface area contributed by atoms with Gasteiger partial charge in [0.25, 0.3) is 10.8 Å². The van der Waals surface area contributed by atoms with E-state index < -0.39 is 0 Å². The highest BCUT2D eigenvalue weighted by Gasteiger charge is 2.05. The SMILES string of the molecule is Cc1cc(=O)n(C)c(COc2nccs2)n1. The molecule has 2 rings (SSSR count). The van der Waals surface area contributed by atoms with Gasteiger partial charge in [0.2, 0.25) is 0 Å². The van der Waals surface area contributed by atoms with Crippen molar-refractivity contribution < 1.29 is 4.74 Å². The van der Waals surface area contributed by atoms with Crippen LogP contribution in [0.15, 0.2) is 22.4 Å². The van der Waals surface area contributed by atoms with Crippen LogP contribution >= 0.6 is 11.3 Å². The van der Waals surface area contributed by atoms with Gasteiger partial charge in [0.1, 0.15) is 12.4 Å². The summed E-state index contributed by atoms with van der Waals surface area (Å²) in [6, 6.07) is 1.49. The van der Waals surface area contributed by atoms with Crippen LogP contribution in [-0.4, -0.2) is 14.5 Å². The lowest BCUT2D eigenvalue weighted by molar-refractivity contribution is 0.287. The van der Waals surface area contributed by atoms with Gasteiger partial charge in [0, 0.05) is 30.4 Å². The Labute approximate surface area is 96.4 Å². The molecule has 0 saturated heterocycles. The van der Waals surface area contributed by atoms with Crippen LogP contribution in [0.25, 0.3) is 0 Å². The maximum Gasteiger partial charge on any atom is 0.273 e. The summed E-state index contributed by atoms with van der Waals surface area (Å²) in [5.41, 5.74) is 0.617. The van der Waals surface area contributed by atoms with Crippen molar-refractivity contribution in [1.29, 1.82) is 0 Å². The smallest absolute Gasteiger partial charge is 0.273 e. The van der Waals surface area contributed by atoms with Gasteiger partial charge in [0.15, 0.2) is 0 Å². The third-order valence-electron chi connectivity index (χ3n) is 2.09. The monoisotopic (exact) mass is 237 g/mol. The summed E-state index contributed by atoms with van der Waals surface area (Å²) in [6.45, 7) is 2.04. The van der Waals surface area contributed by atoms with Crippen LogP contribution in [0.5, 0.6) is 5.19 Å². The Morgan fingerprint density at radius 1 is 1.56 bits per heavy atom. The molecule has 0 amide bonds. The number of hydrogen-bond acceptors (Lipinski definition) is 5. The predicted octanol–water partition coefficient (Wildman–Crippen LogP) is 1.12. The fourth-order valence-corrected chi connectivity index (χ4v) is 1.74. The molecular weight excluding hydrogens is 226 g/mol. The minimum Gasteiger partial charge on any atom is -0.462 e. The van der Waals surface area contributed by atoms with Crippen LogP contribution in [0.2, 0.25) is 0 Å². The second-order valence-electron chi connectivity index (χ2n) is 3.30. The molecule has 0 bridgehead atoms. The van der Waals surface area contributed by atoms with Gasteiger partial charge in [-0.15, -0.1) is 0 Å². The van der Waals surface area contributed by atoms with Gasteiger partial charge in [0.05, 0.1) is 0 Å². The summed E-state index contributed by atoms with van der Waals surface area (Å²) >= 11 is 1.41. The molecule has 0 spiro atoms. The molecule has 0 aromatic carbocycles. The van der Waals surface area contributed by atoms with E-state index in [-0.39, 0.29) is 12.2 Å². The zero-order valence-corrected chi connectivity index (χ0v) is 9.82. The first kappa shape index (κ1) is 10.8. The van der Waals surface area contributed by atoms with Gasteiger partial charge in [-0.3, -0.25) is 9.36 Å². The number of thiazole rings is 1. The largest absolute Gasteiger partial charge is 0.462 e. The molecule has 0 saturated carbocycles. The molecule has 6 heteroatoms. The number of aryl methyl sites for hydroxylation is 1. The first-order chi connectivity index (χ1) is 7.66. The molecule has 2 heterocycles. The Bertz CT molecular complexity index is 533. The lowest BCUT2D eigenvalue weighted by atomic mass is 10.4. The molecule has 5 nitrogen and oxygen atoms in total. The highest BCUT2D eigenvalue weighted by Crippen LogP contribution is 2.14. The molecular formula is C10H11N3O2S. The first-order valence-corrected chi connectivity index (χ1v) is 5.60. The Hall–Kier alpha value is -1.69. The van der Waals surface area contributed by atoms with E-state index in [1.54, 1.807) is 20.2 Å². The van der Waals surface area contributed by atoms with Crippen molar-refractivity contribution in [2.45, 2.75) is 13.5 Å². The highest BCUT2D eigenvalue weighted by atomic mass is 32.1. The van der Waals surface area contributed by atoms with Gasteiger partial charge in [-0.05, 0) is 6.92 Å². The molecule has 0 fully saturated rings. The van der Waals surface area contributed by atoms with Crippen LogP contribution in [0.4, 0.5) is 0 Å². The molecule has 84 valence electrons. The Morgan fingerprint density at radius 2 is 2.38 bits per heavy atom. The third-order valence-corrected chi connectivity index (χ3v) is 2.77. The molecule has 2 aromatic rings. The van der Waals surface area contributed by atoms with Crippen molar-refractivity contribution in [3.05, 3.63) is 39.5 Å². The summed E-state index contributed by atoms with van der Waals surface area (Å²) < 4.78 is 6.88. The van der Waals surface area contributed by atoms with Crippen LogP contribution in [0.3, 0.4) is 0 Å². The molecule has 2 aromatic heterocycles. The fourth-order valence-electron chi connectivity index (χ4n) is 1.25. The molecule has 0 N–H and O–H groups in total. The molecule has 16 heavy (non-hydrogen) atoms. The van der Waals surface area contributed by atoms with Gasteiger partial charge in [-0.25, -0.2) is 9.97 Å². The standard InChI is InChI=1S/C10H11N3O2S/c1-7-5-9(14)13(2)8(12-7)6-15-10-11-3-4-16-10/h3-5H,6H2,1-2H3. The first-order valence-electron chi connectivity index (χ1n) is 4.72. The molecule has 0 radical (unpaired) electrons. The van der Waals surface area contributed by atoms with Crippen molar-refractivity contribution in [2.75, 3.05) is 0 Å². The number of nitrogens with zero attached hydrogens (tertiary/aromatic N) is 3. The summed E-state index contributed by atoms with van der Waals surface area (Å²) in [7, 11) is 1.68. The summed E-state index contributed by atoms with van der Waals surface area (Å²) in [5.74, 6) is 0.597. The summed E-state index contributed by atoms with van der Waals surface area (Å²) in [5, 5.41) is 2.41. The summed E-state index contributed by atoms with van der Waals surface area (Å²) in [6.07, 6.45) is 1.67. The average Bonchev–Trinajstić information content (AvgIpc) is 2.74. The van der Waals surface area contributed by atoms with Gasteiger partial charge in [-0.2, -0.15) is 0 Å². The lowest BCUT2D eigenvalue weighted by Gasteiger charge is -2.07. The Kier molecular flexibility index (Phi) is 3.00. The van der Waals surface area contributed by atoms with Crippen molar-refractivity contribution >= 4 is 11.3 Å². The van der Waals surface area contributed by atoms with E-state index in [0.29, 0.717) is 16.7 Å². The minimum absolute atomic E-state index is 0.0785. The van der Waals surface area contributed by atoms with Crippen molar-refractivity contribution in [3.8, 4) is 5.19 Å². The molecule has 0 aliphatic rings. The zero-order chi connectivity index (χ0) is 11.5. The maximum absolute atomic E-state index is 11.5. The normalized spacial score (nSPS) is 10.4. The van der Waals surface area contributed by atoms with Crippen LogP contribution in [-0.2, 0) is 13.7 Å². The number of hydrogen-bond donors (Lipinski definition) is 0. The van der Waals surface area contributed by atoms with Crippen molar-refractivity contribution in [3.63, 3.8) is 0 Å². The Balaban J connectivity index is 2.18. The van der Waals surface area contributed by atoms with E-state index in [2.05, 4.69) is 9.97 Å². The van der Waals surface area contributed by atoms with Gasteiger partial charge >= 0.3 is 0 Å².